The topological polar surface area (TPSA) is 61.9 Å². The number of rotatable bonds is 5. The van der Waals surface area contributed by atoms with Crippen LogP contribution in [0.2, 0.25) is 0 Å². The molecule has 5 nitrogen and oxygen atoms in total. The van der Waals surface area contributed by atoms with Crippen molar-refractivity contribution in [2.24, 2.45) is 0 Å². The van der Waals surface area contributed by atoms with E-state index < -0.39 is 0 Å². The molecule has 20 heavy (non-hydrogen) atoms. The van der Waals surface area contributed by atoms with Crippen molar-refractivity contribution in [2.75, 3.05) is 7.05 Å². The number of hydrogen-bond acceptors (Lipinski definition) is 3. The van der Waals surface area contributed by atoms with E-state index in [-0.39, 0.29) is 11.7 Å². The molecule has 0 unspecified atom stereocenters. The Hall–Kier alpha value is -1.69. The molecule has 1 amide bonds. The molecule has 2 rings (SSSR count). The third-order valence-electron chi connectivity index (χ3n) is 2.92. The number of amides is 1. The fourth-order valence-electron chi connectivity index (χ4n) is 1.86. The molecule has 1 aromatic heterocycles. The van der Waals surface area contributed by atoms with Gasteiger partial charge in [0.05, 0.1) is 0 Å². The van der Waals surface area contributed by atoms with Gasteiger partial charge in [-0.1, -0.05) is 41.1 Å². The zero-order valence-electron chi connectivity index (χ0n) is 11.6. The third kappa shape index (κ3) is 3.45. The van der Waals surface area contributed by atoms with Crippen LogP contribution in [0.4, 0.5) is 0 Å². The number of nitrogens with one attached hydrogen (secondary N) is 1. The lowest BCUT2D eigenvalue weighted by atomic mass is 10.2. The van der Waals surface area contributed by atoms with E-state index in [1.54, 1.807) is 11.9 Å². The Bertz CT molecular complexity index is 596. The van der Waals surface area contributed by atoms with E-state index in [2.05, 4.69) is 38.0 Å². The van der Waals surface area contributed by atoms with Gasteiger partial charge in [-0.05, 0) is 18.1 Å². The molecular formula is C14H17BrN4O. The Labute approximate surface area is 126 Å². The molecule has 0 saturated carbocycles. The second-order valence-corrected chi connectivity index (χ2v) is 5.46. The van der Waals surface area contributed by atoms with Gasteiger partial charge in [0, 0.05) is 24.5 Å². The van der Waals surface area contributed by atoms with Crippen LogP contribution in [0.25, 0.3) is 0 Å². The summed E-state index contributed by atoms with van der Waals surface area (Å²) in [5, 5.41) is 6.78. The summed E-state index contributed by atoms with van der Waals surface area (Å²) in [6, 6.07) is 7.83. The second-order valence-electron chi connectivity index (χ2n) is 4.61. The molecule has 2 aromatic rings. The predicted octanol–water partition coefficient (Wildman–Crippen LogP) is 2.79. The number of carbonyl (C=O) groups is 1. The maximum absolute atomic E-state index is 12.2. The van der Waals surface area contributed by atoms with Crippen LogP contribution in [0.3, 0.4) is 0 Å². The largest absolute Gasteiger partial charge is 0.335 e. The summed E-state index contributed by atoms with van der Waals surface area (Å²) < 4.78 is 0.987. The number of nitrogens with zero attached hydrogens (tertiary/aromatic N) is 3. The van der Waals surface area contributed by atoms with Gasteiger partial charge in [0.1, 0.15) is 5.82 Å². The molecule has 0 aliphatic carbocycles. The molecule has 0 radical (unpaired) electrons. The van der Waals surface area contributed by atoms with Crippen molar-refractivity contribution < 1.29 is 4.79 Å². The highest BCUT2D eigenvalue weighted by Crippen LogP contribution is 2.17. The first-order chi connectivity index (χ1) is 9.61. The lowest BCUT2D eigenvalue weighted by Crippen LogP contribution is -2.27. The third-order valence-corrected chi connectivity index (χ3v) is 3.70. The van der Waals surface area contributed by atoms with Gasteiger partial charge in [0.25, 0.3) is 5.91 Å². The van der Waals surface area contributed by atoms with Crippen LogP contribution in [0.1, 0.15) is 35.4 Å². The van der Waals surface area contributed by atoms with Gasteiger partial charge < -0.3 is 4.90 Å². The van der Waals surface area contributed by atoms with Crippen LogP contribution in [-0.2, 0) is 13.0 Å². The molecule has 1 aromatic carbocycles. The molecule has 0 atom stereocenters. The van der Waals surface area contributed by atoms with Gasteiger partial charge >= 0.3 is 0 Å². The van der Waals surface area contributed by atoms with E-state index in [0.29, 0.717) is 6.54 Å². The Kier molecular flexibility index (Phi) is 4.89. The molecule has 0 aliphatic heterocycles. The smallest absolute Gasteiger partial charge is 0.293 e. The molecule has 1 heterocycles. The summed E-state index contributed by atoms with van der Waals surface area (Å²) in [5.74, 6) is 0.799. The molecule has 0 spiro atoms. The lowest BCUT2D eigenvalue weighted by Gasteiger charge is -2.16. The Morgan fingerprint density at radius 3 is 2.85 bits per heavy atom. The van der Waals surface area contributed by atoms with Gasteiger partial charge in [-0.25, -0.2) is 4.98 Å². The number of hydrogen-bond donors (Lipinski definition) is 1. The van der Waals surface area contributed by atoms with E-state index >= 15 is 0 Å². The van der Waals surface area contributed by atoms with E-state index in [9.17, 15) is 4.79 Å². The minimum Gasteiger partial charge on any atom is -0.335 e. The average molecular weight is 337 g/mol. The van der Waals surface area contributed by atoms with Crippen molar-refractivity contribution in [3.05, 3.63) is 46.0 Å². The molecule has 0 aliphatic rings. The van der Waals surface area contributed by atoms with Crippen molar-refractivity contribution >= 4 is 21.8 Å². The number of H-pyrrole nitrogens is 1. The monoisotopic (exact) mass is 336 g/mol. The van der Waals surface area contributed by atoms with Gasteiger partial charge in [0.15, 0.2) is 0 Å². The van der Waals surface area contributed by atoms with Crippen LogP contribution >= 0.6 is 15.9 Å². The van der Waals surface area contributed by atoms with Crippen molar-refractivity contribution in [3.63, 3.8) is 0 Å². The van der Waals surface area contributed by atoms with E-state index in [1.165, 1.54) is 0 Å². The van der Waals surface area contributed by atoms with Crippen molar-refractivity contribution in [1.29, 1.82) is 0 Å². The highest BCUT2D eigenvalue weighted by molar-refractivity contribution is 9.10. The number of halogens is 1. The first kappa shape index (κ1) is 14.7. The van der Waals surface area contributed by atoms with E-state index in [0.717, 1.165) is 28.7 Å². The summed E-state index contributed by atoms with van der Waals surface area (Å²) in [7, 11) is 1.75. The van der Waals surface area contributed by atoms with Crippen LogP contribution in [0, 0.1) is 0 Å². The van der Waals surface area contributed by atoms with Gasteiger partial charge in [-0.3, -0.25) is 9.89 Å². The van der Waals surface area contributed by atoms with Crippen LogP contribution in [0.5, 0.6) is 0 Å². The molecule has 1 N–H and O–H groups in total. The quantitative estimate of drug-likeness (QED) is 0.913. The lowest BCUT2D eigenvalue weighted by molar-refractivity contribution is 0.0773. The Morgan fingerprint density at radius 2 is 2.15 bits per heavy atom. The summed E-state index contributed by atoms with van der Waals surface area (Å²) in [4.78, 5) is 18.1. The fraction of sp³-hybridized carbons (Fsp3) is 0.357. The molecule has 106 valence electrons. The molecule has 6 heteroatoms. The standard InChI is InChI=1S/C14H17BrN4O/c1-3-6-12-16-13(18-17-12)14(20)19(2)9-10-7-4-5-8-11(10)15/h4-5,7-8H,3,6,9H2,1-2H3,(H,16,17,18). The summed E-state index contributed by atoms with van der Waals surface area (Å²) in [6.07, 6.45) is 1.77. The van der Waals surface area contributed by atoms with Gasteiger partial charge in [-0.2, -0.15) is 0 Å². The SMILES string of the molecule is CCCc1nc(C(=O)N(C)Cc2ccccc2Br)n[nH]1. The zero-order chi connectivity index (χ0) is 14.5. The van der Waals surface area contributed by atoms with Crippen molar-refractivity contribution in [2.45, 2.75) is 26.3 Å². The minimum absolute atomic E-state index is 0.181. The number of carbonyl (C=O) groups excluding carboxylic acids is 1. The van der Waals surface area contributed by atoms with Crippen molar-refractivity contribution in [3.8, 4) is 0 Å². The summed E-state index contributed by atoms with van der Waals surface area (Å²) in [6.45, 7) is 2.57. The maximum atomic E-state index is 12.2. The molecule has 0 bridgehead atoms. The highest BCUT2D eigenvalue weighted by Gasteiger charge is 2.17. The van der Waals surface area contributed by atoms with Crippen molar-refractivity contribution in [1.82, 2.24) is 20.1 Å². The molecular weight excluding hydrogens is 320 g/mol. The molecule has 0 saturated heterocycles. The number of aromatic amines is 1. The summed E-state index contributed by atoms with van der Waals surface area (Å²) in [5.41, 5.74) is 1.05. The van der Waals surface area contributed by atoms with Crippen LogP contribution in [0.15, 0.2) is 28.7 Å². The predicted molar refractivity (Wildman–Crippen MR) is 80.3 cm³/mol. The van der Waals surface area contributed by atoms with Gasteiger partial charge in [-0.15, -0.1) is 5.10 Å². The van der Waals surface area contributed by atoms with Crippen LogP contribution < -0.4 is 0 Å². The van der Waals surface area contributed by atoms with E-state index in [4.69, 9.17) is 0 Å². The van der Waals surface area contributed by atoms with Crippen LogP contribution in [-0.4, -0.2) is 33.0 Å². The number of aromatic nitrogens is 3. The average Bonchev–Trinajstić information content (AvgIpc) is 2.89. The normalized spacial score (nSPS) is 10.6. The van der Waals surface area contributed by atoms with E-state index in [1.807, 2.05) is 24.3 Å². The second kappa shape index (κ2) is 6.65. The first-order valence-electron chi connectivity index (χ1n) is 6.52. The van der Waals surface area contributed by atoms with Gasteiger partial charge in [0.2, 0.25) is 5.82 Å². The summed E-state index contributed by atoms with van der Waals surface area (Å²) >= 11 is 3.48. The first-order valence-corrected chi connectivity index (χ1v) is 7.31. The fourth-order valence-corrected chi connectivity index (χ4v) is 2.27. The Balaban J connectivity index is 2.06. The minimum atomic E-state index is -0.181. The highest BCUT2D eigenvalue weighted by atomic mass is 79.9. The molecule has 0 fully saturated rings. The number of benzene rings is 1. The maximum Gasteiger partial charge on any atom is 0.293 e. The number of aryl methyl sites for hydroxylation is 1. The zero-order valence-corrected chi connectivity index (χ0v) is 13.1. The Morgan fingerprint density at radius 1 is 1.40 bits per heavy atom.